The van der Waals surface area contributed by atoms with Crippen LogP contribution in [0.15, 0.2) is 22.7 Å². The Labute approximate surface area is 156 Å². The van der Waals surface area contributed by atoms with E-state index in [0.717, 1.165) is 0 Å². The summed E-state index contributed by atoms with van der Waals surface area (Å²) in [6.45, 7) is 8.94. The standard InChI is InChI=1S/C18H22ClFN4O2/c1-18(2,3)17-21-15(26-22-17)11-23-6-8-24(9-7-23)16(25)13-10-12(19)4-5-14(13)20/h4-5,10H,6-9,11H2,1-3H3. The van der Waals surface area contributed by atoms with Gasteiger partial charge in [-0.3, -0.25) is 9.69 Å². The van der Waals surface area contributed by atoms with E-state index in [0.29, 0.717) is 49.5 Å². The molecule has 8 heteroatoms. The molecule has 0 unspecified atom stereocenters. The third kappa shape index (κ3) is 4.22. The SMILES string of the molecule is CC(C)(C)c1noc(CN2CCN(C(=O)c3cc(Cl)ccc3F)CC2)n1. The molecule has 2 aromatic rings. The van der Waals surface area contributed by atoms with Gasteiger partial charge in [0.05, 0.1) is 12.1 Å². The molecule has 0 saturated carbocycles. The molecule has 1 fully saturated rings. The third-order valence-corrected chi connectivity index (χ3v) is 4.55. The normalized spacial score (nSPS) is 16.1. The molecule has 1 saturated heterocycles. The number of hydrogen-bond donors (Lipinski definition) is 0. The number of aromatic nitrogens is 2. The van der Waals surface area contributed by atoms with Crippen molar-refractivity contribution >= 4 is 17.5 Å². The van der Waals surface area contributed by atoms with Crippen molar-refractivity contribution in [2.45, 2.75) is 32.7 Å². The Morgan fingerprint density at radius 1 is 1.27 bits per heavy atom. The number of halogens is 2. The minimum atomic E-state index is -0.553. The second kappa shape index (κ2) is 7.32. The van der Waals surface area contributed by atoms with Gasteiger partial charge in [-0.1, -0.05) is 37.5 Å². The Balaban J connectivity index is 1.58. The lowest BCUT2D eigenvalue weighted by Crippen LogP contribution is -2.48. The topological polar surface area (TPSA) is 62.5 Å². The molecule has 0 atom stereocenters. The first-order valence-corrected chi connectivity index (χ1v) is 8.91. The quantitative estimate of drug-likeness (QED) is 0.818. The van der Waals surface area contributed by atoms with Crippen LogP contribution in [-0.2, 0) is 12.0 Å². The fourth-order valence-electron chi connectivity index (χ4n) is 2.76. The minimum Gasteiger partial charge on any atom is -0.338 e. The fraction of sp³-hybridized carbons (Fsp3) is 0.500. The van der Waals surface area contributed by atoms with Gasteiger partial charge in [0.25, 0.3) is 5.91 Å². The van der Waals surface area contributed by atoms with Crippen LogP contribution in [0, 0.1) is 5.82 Å². The zero-order valence-electron chi connectivity index (χ0n) is 15.1. The van der Waals surface area contributed by atoms with E-state index in [-0.39, 0.29) is 16.9 Å². The first kappa shape index (κ1) is 18.8. The van der Waals surface area contributed by atoms with E-state index in [4.69, 9.17) is 16.1 Å². The maximum Gasteiger partial charge on any atom is 0.256 e. The summed E-state index contributed by atoms with van der Waals surface area (Å²) in [7, 11) is 0. The van der Waals surface area contributed by atoms with Crippen LogP contribution in [0.25, 0.3) is 0 Å². The highest BCUT2D eigenvalue weighted by Gasteiger charge is 2.26. The van der Waals surface area contributed by atoms with Crippen LogP contribution in [0.1, 0.15) is 42.8 Å². The van der Waals surface area contributed by atoms with Gasteiger partial charge in [-0.05, 0) is 18.2 Å². The molecular weight excluding hydrogens is 359 g/mol. The van der Waals surface area contributed by atoms with E-state index in [1.165, 1.54) is 18.2 Å². The predicted octanol–water partition coefficient (Wildman–Crippen LogP) is 3.12. The molecule has 0 radical (unpaired) electrons. The van der Waals surface area contributed by atoms with Crippen LogP contribution in [-0.4, -0.2) is 52.0 Å². The van der Waals surface area contributed by atoms with Crippen LogP contribution in [0.4, 0.5) is 4.39 Å². The van der Waals surface area contributed by atoms with E-state index in [1.807, 2.05) is 20.8 Å². The highest BCUT2D eigenvalue weighted by molar-refractivity contribution is 6.31. The number of carbonyl (C=O) groups excluding carboxylic acids is 1. The van der Waals surface area contributed by atoms with Crippen molar-refractivity contribution in [3.63, 3.8) is 0 Å². The number of hydrogen-bond acceptors (Lipinski definition) is 5. The Kier molecular flexibility index (Phi) is 5.29. The Bertz CT molecular complexity index is 795. The maximum absolute atomic E-state index is 13.9. The van der Waals surface area contributed by atoms with Crippen LogP contribution in [0.2, 0.25) is 5.02 Å². The summed E-state index contributed by atoms with van der Waals surface area (Å²) in [6, 6.07) is 4.02. The molecule has 26 heavy (non-hydrogen) atoms. The number of amides is 1. The molecule has 0 aliphatic carbocycles. The van der Waals surface area contributed by atoms with Crippen molar-refractivity contribution in [2.24, 2.45) is 0 Å². The lowest BCUT2D eigenvalue weighted by Gasteiger charge is -2.34. The molecule has 1 aromatic carbocycles. The van der Waals surface area contributed by atoms with E-state index in [1.54, 1.807) is 4.90 Å². The molecule has 140 valence electrons. The summed E-state index contributed by atoms with van der Waals surface area (Å²) in [5, 5.41) is 4.37. The van der Waals surface area contributed by atoms with E-state index in [9.17, 15) is 9.18 Å². The number of nitrogens with zero attached hydrogens (tertiary/aromatic N) is 4. The largest absolute Gasteiger partial charge is 0.338 e. The van der Waals surface area contributed by atoms with Crippen molar-refractivity contribution in [1.29, 1.82) is 0 Å². The van der Waals surface area contributed by atoms with Crippen molar-refractivity contribution < 1.29 is 13.7 Å². The summed E-state index contributed by atoms with van der Waals surface area (Å²) < 4.78 is 19.2. The fourth-order valence-corrected chi connectivity index (χ4v) is 2.93. The smallest absolute Gasteiger partial charge is 0.256 e. The molecule has 0 spiro atoms. The summed E-state index contributed by atoms with van der Waals surface area (Å²) in [6.07, 6.45) is 0. The van der Waals surface area contributed by atoms with Crippen LogP contribution >= 0.6 is 11.6 Å². The number of carbonyl (C=O) groups is 1. The van der Waals surface area contributed by atoms with Gasteiger partial charge in [0.15, 0.2) is 5.82 Å². The molecule has 3 rings (SSSR count). The summed E-state index contributed by atoms with van der Waals surface area (Å²) >= 11 is 5.88. The van der Waals surface area contributed by atoms with Gasteiger partial charge >= 0.3 is 0 Å². The van der Waals surface area contributed by atoms with Crippen molar-refractivity contribution in [2.75, 3.05) is 26.2 Å². The van der Waals surface area contributed by atoms with Gasteiger partial charge in [-0.2, -0.15) is 4.98 Å². The molecule has 6 nitrogen and oxygen atoms in total. The monoisotopic (exact) mass is 380 g/mol. The van der Waals surface area contributed by atoms with Crippen molar-refractivity contribution in [3.8, 4) is 0 Å². The molecule has 0 N–H and O–H groups in total. The number of piperazine rings is 1. The van der Waals surface area contributed by atoms with Gasteiger partial charge in [-0.15, -0.1) is 0 Å². The van der Waals surface area contributed by atoms with Crippen LogP contribution in [0.3, 0.4) is 0 Å². The third-order valence-electron chi connectivity index (χ3n) is 4.32. The van der Waals surface area contributed by atoms with E-state index in [2.05, 4.69) is 15.0 Å². The first-order chi connectivity index (χ1) is 12.2. The summed E-state index contributed by atoms with van der Waals surface area (Å²) in [5.41, 5.74) is -0.147. The maximum atomic E-state index is 13.9. The van der Waals surface area contributed by atoms with E-state index < -0.39 is 5.82 Å². The van der Waals surface area contributed by atoms with E-state index >= 15 is 0 Å². The number of benzene rings is 1. The summed E-state index contributed by atoms with van der Waals surface area (Å²) in [5.74, 6) is 0.355. The van der Waals surface area contributed by atoms with Gasteiger partial charge in [0.2, 0.25) is 5.89 Å². The predicted molar refractivity (Wildman–Crippen MR) is 95.6 cm³/mol. The molecular formula is C18H22ClFN4O2. The lowest BCUT2D eigenvalue weighted by atomic mass is 9.96. The van der Waals surface area contributed by atoms with Crippen molar-refractivity contribution in [1.82, 2.24) is 19.9 Å². The average Bonchev–Trinajstić information content (AvgIpc) is 3.06. The van der Waals surface area contributed by atoms with Gasteiger partial charge in [-0.25, -0.2) is 4.39 Å². The molecule has 1 amide bonds. The van der Waals surface area contributed by atoms with Gasteiger partial charge < -0.3 is 9.42 Å². The lowest BCUT2D eigenvalue weighted by molar-refractivity contribution is 0.0610. The highest BCUT2D eigenvalue weighted by Crippen LogP contribution is 2.20. The molecule has 1 aliphatic rings. The van der Waals surface area contributed by atoms with Crippen molar-refractivity contribution in [3.05, 3.63) is 46.3 Å². The highest BCUT2D eigenvalue weighted by atomic mass is 35.5. The summed E-state index contributed by atoms with van der Waals surface area (Å²) in [4.78, 5) is 20.7. The number of rotatable bonds is 3. The van der Waals surface area contributed by atoms with Crippen LogP contribution < -0.4 is 0 Å². The molecule has 1 aliphatic heterocycles. The van der Waals surface area contributed by atoms with Gasteiger partial charge in [0.1, 0.15) is 5.82 Å². The van der Waals surface area contributed by atoms with Gasteiger partial charge in [0, 0.05) is 36.6 Å². The Hall–Kier alpha value is -1.99. The molecule has 2 heterocycles. The Morgan fingerprint density at radius 2 is 1.96 bits per heavy atom. The molecule has 0 bridgehead atoms. The van der Waals surface area contributed by atoms with Crippen LogP contribution in [0.5, 0.6) is 0 Å². The Morgan fingerprint density at radius 3 is 2.58 bits per heavy atom. The molecule has 1 aromatic heterocycles. The first-order valence-electron chi connectivity index (χ1n) is 8.54. The minimum absolute atomic E-state index is 0.0117. The zero-order valence-corrected chi connectivity index (χ0v) is 15.9. The second-order valence-corrected chi connectivity index (χ2v) is 7.89. The zero-order chi connectivity index (χ0) is 18.9. The second-order valence-electron chi connectivity index (χ2n) is 7.45. The average molecular weight is 381 g/mol.